The van der Waals surface area contributed by atoms with Crippen molar-refractivity contribution >= 4 is 43.2 Å². The summed E-state index contributed by atoms with van der Waals surface area (Å²) >= 11 is 9.20. The molecule has 1 aromatic rings. The summed E-state index contributed by atoms with van der Waals surface area (Å²) in [4.78, 5) is 0. The van der Waals surface area contributed by atoms with Crippen molar-refractivity contribution in [3.8, 4) is 0 Å². The number of nitrogens with one attached hydrogen (secondary N) is 2. The van der Waals surface area contributed by atoms with Crippen LogP contribution in [0.5, 0.6) is 0 Å². The highest BCUT2D eigenvalue weighted by atomic mass is 79.9. The molecule has 0 aliphatic heterocycles. The Bertz CT molecular complexity index is 494. The number of anilines is 1. The lowest BCUT2D eigenvalue weighted by Crippen LogP contribution is -2.18. The second kappa shape index (κ2) is 7.33. The van der Waals surface area contributed by atoms with Crippen LogP contribution in [0.15, 0.2) is 22.7 Å². The first-order valence-electron chi connectivity index (χ1n) is 5.55. The Morgan fingerprint density at radius 3 is 2.72 bits per heavy atom. The van der Waals surface area contributed by atoms with Crippen molar-refractivity contribution in [2.75, 3.05) is 24.1 Å². The van der Waals surface area contributed by atoms with Crippen LogP contribution in [0, 0.1) is 0 Å². The number of rotatable bonds is 7. The second-order valence-corrected chi connectivity index (χ2v) is 7.02. The molecule has 0 aromatic heterocycles. The summed E-state index contributed by atoms with van der Waals surface area (Å²) < 4.78 is 26.9. The lowest BCUT2D eigenvalue weighted by molar-refractivity contribution is 0.595. The zero-order chi connectivity index (χ0) is 13.6. The van der Waals surface area contributed by atoms with Gasteiger partial charge in [0.25, 0.3) is 0 Å². The highest BCUT2D eigenvalue weighted by Gasteiger charge is 2.12. The van der Waals surface area contributed by atoms with E-state index in [2.05, 4.69) is 26.0 Å². The van der Waals surface area contributed by atoms with Crippen LogP contribution in [0.2, 0.25) is 5.02 Å². The van der Waals surface area contributed by atoms with Crippen molar-refractivity contribution in [3.63, 3.8) is 0 Å². The molecular weight excluding hydrogens is 340 g/mol. The van der Waals surface area contributed by atoms with Gasteiger partial charge < -0.3 is 5.32 Å². The second-order valence-electron chi connectivity index (χ2n) is 3.86. The minimum Gasteiger partial charge on any atom is -0.320 e. The van der Waals surface area contributed by atoms with E-state index >= 15 is 0 Å². The van der Waals surface area contributed by atoms with Gasteiger partial charge in [-0.2, -0.15) is 0 Å². The first kappa shape index (κ1) is 15.8. The number of sulfonamides is 1. The summed E-state index contributed by atoms with van der Waals surface area (Å²) in [6.45, 7) is 0.813. The van der Waals surface area contributed by atoms with Gasteiger partial charge in [-0.15, -0.1) is 0 Å². The summed E-state index contributed by atoms with van der Waals surface area (Å²) in [5, 5.41) is 3.36. The Morgan fingerprint density at radius 1 is 1.33 bits per heavy atom. The molecule has 0 heterocycles. The molecule has 18 heavy (non-hydrogen) atoms. The number of hydrogen-bond donors (Lipinski definition) is 2. The Hall–Kier alpha value is -0.300. The first-order chi connectivity index (χ1) is 8.44. The number of hydrogen-bond acceptors (Lipinski definition) is 3. The minimum atomic E-state index is -3.34. The molecule has 0 atom stereocenters. The Kier molecular flexibility index (Phi) is 6.42. The van der Waals surface area contributed by atoms with Crippen LogP contribution in [0.3, 0.4) is 0 Å². The third-order valence-corrected chi connectivity index (χ3v) is 4.46. The van der Waals surface area contributed by atoms with Crippen molar-refractivity contribution in [1.82, 2.24) is 5.32 Å². The zero-order valence-corrected chi connectivity index (χ0v) is 13.2. The average molecular weight is 356 g/mol. The van der Waals surface area contributed by atoms with Gasteiger partial charge in [0.2, 0.25) is 10.0 Å². The van der Waals surface area contributed by atoms with E-state index in [-0.39, 0.29) is 5.75 Å². The van der Waals surface area contributed by atoms with Crippen molar-refractivity contribution < 1.29 is 8.42 Å². The van der Waals surface area contributed by atoms with Crippen molar-refractivity contribution in [1.29, 1.82) is 0 Å². The fraction of sp³-hybridized carbons (Fsp3) is 0.455. The molecule has 0 bridgehead atoms. The standard InChI is InChI=1S/C11H16BrClN2O2S/c1-14-6-2-3-7-18(16,17)15-11-8-9(12)4-5-10(11)13/h4-5,8,14-15H,2-3,6-7H2,1H3. The predicted octanol–water partition coefficient (Wildman–Crippen LogP) is 2.84. The fourth-order valence-electron chi connectivity index (χ4n) is 1.39. The van der Waals surface area contributed by atoms with E-state index in [0.717, 1.165) is 17.4 Å². The van der Waals surface area contributed by atoms with E-state index in [0.29, 0.717) is 17.1 Å². The van der Waals surface area contributed by atoms with E-state index in [1.807, 2.05) is 7.05 Å². The van der Waals surface area contributed by atoms with Gasteiger partial charge in [-0.1, -0.05) is 27.5 Å². The van der Waals surface area contributed by atoms with E-state index in [9.17, 15) is 8.42 Å². The van der Waals surface area contributed by atoms with Crippen LogP contribution >= 0.6 is 27.5 Å². The topological polar surface area (TPSA) is 58.2 Å². The highest BCUT2D eigenvalue weighted by Crippen LogP contribution is 2.26. The quantitative estimate of drug-likeness (QED) is 0.739. The fourth-order valence-corrected chi connectivity index (χ4v) is 3.16. The third kappa shape index (κ3) is 5.56. The van der Waals surface area contributed by atoms with Gasteiger partial charge in [0.15, 0.2) is 0 Å². The average Bonchev–Trinajstić information content (AvgIpc) is 2.29. The lowest BCUT2D eigenvalue weighted by Gasteiger charge is -2.09. The largest absolute Gasteiger partial charge is 0.320 e. The molecule has 102 valence electrons. The van der Waals surface area contributed by atoms with Gasteiger partial charge >= 0.3 is 0 Å². The molecule has 0 fully saturated rings. The molecule has 0 spiro atoms. The Morgan fingerprint density at radius 2 is 2.06 bits per heavy atom. The molecule has 4 nitrogen and oxygen atoms in total. The van der Waals surface area contributed by atoms with E-state index in [1.54, 1.807) is 18.2 Å². The van der Waals surface area contributed by atoms with Crippen LogP contribution < -0.4 is 10.0 Å². The van der Waals surface area contributed by atoms with Gasteiger partial charge in [-0.25, -0.2) is 8.42 Å². The summed E-state index contributed by atoms with van der Waals surface area (Å²) in [6, 6.07) is 5.05. The van der Waals surface area contributed by atoms with Crippen LogP contribution in [-0.2, 0) is 10.0 Å². The van der Waals surface area contributed by atoms with E-state index in [1.165, 1.54) is 0 Å². The smallest absolute Gasteiger partial charge is 0.232 e. The molecular formula is C11H16BrClN2O2S. The van der Waals surface area contributed by atoms with Crippen LogP contribution in [0.4, 0.5) is 5.69 Å². The maximum absolute atomic E-state index is 11.8. The van der Waals surface area contributed by atoms with Gasteiger partial charge in [-0.05, 0) is 44.6 Å². The van der Waals surface area contributed by atoms with Gasteiger partial charge in [0.05, 0.1) is 16.5 Å². The Labute approximate surface area is 121 Å². The lowest BCUT2D eigenvalue weighted by atomic mass is 10.3. The molecule has 1 aromatic carbocycles. The summed E-state index contributed by atoms with van der Waals surface area (Å²) in [7, 11) is -1.50. The first-order valence-corrected chi connectivity index (χ1v) is 8.37. The number of benzene rings is 1. The maximum Gasteiger partial charge on any atom is 0.232 e. The van der Waals surface area contributed by atoms with Crippen molar-refractivity contribution in [2.24, 2.45) is 0 Å². The van der Waals surface area contributed by atoms with E-state index < -0.39 is 10.0 Å². The summed E-state index contributed by atoms with van der Waals surface area (Å²) in [6.07, 6.45) is 1.44. The summed E-state index contributed by atoms with van der Waals surface area (Å²) in [5.41, 5.74) is 0.402. The number of halogens is 2. The number of unbranched alkanes of at least 4 members (excludes halogenated alkanes) is 1. The Balaban J connectivity index is 2.62. The van der Waals surface area contributed by atoms with Crippen LogP contribution in [-0.4, -0.2) is 27.8 Å². The molecule has 0 aliphatic rings. The maximum atomic E-state index is 11.8. The molecule has 0 saturated heterocycles. The summed E-state index contributed by atoms with van der Waals surface area (Å²) in [5.74, 6) is 0.0948. The molecule has 0 unspecified atom stereocenters. The zero-order valence-electron chi connectivity index (χ0n) is 10.0. The molecule has 7 heteroatoms. The molecule has 0 amide bonds. The van der Waals surface area contributed by atoms with Crippen molar-refractivity contribution in [3.05, 3.63) is 27.7 Å². The minimum absolute atomic E-state index is 0.0948. The molecule has 0 radical (unpaired) electrons. The third-order valence-electron chi connectivity index (χ3n) is 2.28. The van der Waals surface area contributed by atoms with Crippen LogP contribution in [0.25, 0.3) is 0 Å². The molecule has 0 aliphatic carbocycles. The molecule has 0 saturated carbocycles. The normalized spacial score (nSPS) is 11.5. The van der Waals surface area contributed by atoms with Crippen LogP contribution in [0.1, 0.15) is 12.8 Å². The highest BCUT2D eigenvalue weighted by molar-refractivity contribution is 9.10. The SMILES string of the molecule is CNCCCCS(=O)(=O)Nc1cc(Br)ccc1Cl. The predicted molar refractivity (Wildman–Crippen MR) is 79.7 cm³/mol. The van der Waals surface area contributed by atoms with Gasteiger partial charge in [-0.3, -0.25) is 4.72 Å². The molecule has 1 rings (SSSR count). The van der Waals surface area contributed by atoms with Crippen molar-refractivity contribution in [2.45, 2.75) is 12.8 Å². The van der Waals surface area contributed by atoms with E-state index in [4.69, 9.17) is 11.6 Å². The van der Waals surface area contributed by atoms with Gasteiger partial charge in [0.1, 0.15) is 0 Å². The monoisotopic (exact) mass is 354 g/mol. The van der Waals surface area contributed by atoms with Gasteiger partial charge in [0, 0.05) is 4.47 Å². The molecule has 2 N–H and O–H groups in total.